The van der Waals surface area contributed by atoms with Crippen LogP contribution in [0.5, 0.6) is 5.75 Å². The van der Waals surface area contributed by atoms with Gasteiger partial charge in [0, 0.05) is 30.0 Å². The van der Waals surface area contributed by atoms with Crippen molar-refractivity contribution >= 4 is 17.5 Å². The van der Waals surface area contributed by atoms with Crippen molar-refractivity contribution in [2.45, 2.75) is 0 Å². The molecule has 25 heavy (non-hydrogen) atoms. The third kappa shape index (κ3) is 4.39. The number of aromatic nitrogens is 2. The smallest absolute Gasteiger partial charge is 0.253 e. The number of hydrogen-bond acceptors (Lipinski definition) is 3. The number of likely N-dealkylation sites (N-methyl/N-ethyl adjacent to an activating group) is 1. The van der Waals surface area contributed by atoms with E-state index in [1.165, 1.54) is 0 Å². The lowest BCUT2D eigenvalue weighted by Crippen LogP contribution is -2.30. The van der Waals surface area contributed by atoms with Crippen molar-refractivity contribution < 1.29 is 9.53 Å². The van der Waals surface area contributed by atoms with E-state index < -0.39 is 0 Å². The molecule has 0 aliphatic heterocycles. The Bertz CT molecular complexity index is 832. The highest BCUT2D eigenvalue weighted by Gasteiger charge is 2.12. The molecule has 0 aliphatic carbocycles. The number of rotatable bonds is 6. The van der Waals surface area contributed by atoms with Crippen LogP contribution in [0.25, 0.3) is 5.69 Å². The summed E-state index contributed by atoms with van der Waals surface area (Å²) >= 11 is 5.92. The fourth-order valence-corrected chi connectivity index (χ4v) is 2.54. The molecular weight excluding hydrogens is 338 g/mol. The van der Waals surface area contributed by atoms with Crippen molar-refractivity contribution in [1.82, 2.24) is 14.7 Å². The van der Waals surface area contributed by atoms with Gasteiger partial charge in [0.1, 0.15) is 12.4 Å². The predicted molar refractivity (Wildman–Crippen MR) is 97.5 cm³/mol. The maximum Gasteiger partial charge on any atom is 0.253 e. The molecule has 5 nitrogen and oxygen atoms in total. The Labute approximate surface area is 151 Å². The summed E-state index contributed by atoms with van der Waals surface area (Å²) in [7, 11) is 1.76. The quantitative estimate of drug-likeness (QED) is 0.677. The Morgan fingerprint density at radius 3 is 2.68 bits per heavy atom. The van der Waals surface area contributed by atoms with Gasteiger partial charge in [0.05, 0.1) is 12.2 Å². The van der Waals surface area contributed by atoms with Gasteiger partial charge in [-0.2, -0.15) is 5.10 Å². The van der Waals surface area contributed by atoms with Crippen LogP contribution < -0.4 is 4.74 Å². The van der Waals surface area contributed by atoms with E-state index in [1.54, 1.807) is 47.1 Å². The summed E-state index contributed by atoms with van der Waals surface area (Å²) in [5.74, 6) is 0.638. The molecule has 0 N–H and O–H groups in total. The minimum Gasteiger partial charge on any atom is -0.492 e. The van der Waals surface area contributed by atoms with E-state index in [-0.39, 0.29) is 5.91 Å². The lowest BCUT2D eigenvalue weighted by Gasteiger charge is -2.18. The Morgan fingerprint density at radius 1 is 1.20 bits per heavy atom. The average molecular weight is 356 g/mol. The highest BCUT2D eigenvalue weighted by atomic mass is 35.5. The Hall–Kier alpha value is -2.79. The molecule has 3 aromatic rings. The molecule has 6 heteroatoms. The third-order valence-electron chi connectivity index (χ3n) is 3.72. The summed E-state index contributed by atoms with van der Waals surface area (Å²) < 4.78 is 7.37. The van der Waals surface area contributed by atoms with E-state index >= 15 is 0 Å². The van der Waals surface area contributed by atoms with Crippen LogP contribution in [0.15, 0.2) is 67.0 Å². The molecule has 3 rings (SSSR count). The summed E-state index contributed by atoms with van der Waals surface area (Å²) in [4.78, 5) is 14.1. The standard InChI is InChI=1S/C19H18ClN3O2/c1-22(12-13-25-18-5-2-4-16(20)14-18)19(24)15-6-8-17(9-7-15)23-11-3-10-21-23/h2-11,14H,12-13H2,1H3. The first-order chi connectivity index (χ1) is 12.1. The molecular formula is C19H18ClN3O2. The summed E-state index contributed by atoms with van der Waals surface area (Å²) in [5.41, 5.74) is 1.54. The van der Waals surface area contributed by atoms with Gasteiger partial charge >= 0.3 is 0 Å². The average Bonchev–Trinajstić information content (AvgIpc) is 3.16. The summed E-state index contributed by atoms with van der Waals surface area (Å²) in [6.07, 6.45) is 3.57. The van der Waals surface area contributed by atoms with E-state index in [1.807, 2.05) is 36.5 Å². The van der Waals surface area contributed by atoms with Crippen LogP contribution in [0.1, 0.15) is 10.4 Å². The Kier molecular flexibility index (Phi) is 5.36. The molecule has 0 fully saturated rings. The predicted octanol–water partition coefficient (Wildman–Crippen LogP) is 3.68. The van der Waals surface area contributed by atoms with Crippen LogP contribution in [0.4, 0.5) is 0 Å². The maximum absolute atomic E-state index is 12.5. The molecule has 0 aliphatic rings. The van der Waals surface area contributed by atoms with Crippen molar-refractivity contribution in [1.29, 1.82) is 0 Å². The Balaban J connectivity index is 1.55. The normalized spacial score (nSPS) is 10.5. The van der Waals surface area contributed by atoms with Crippen LogP contribution in [-0.4, -0.2) is 40.8 Å². The zero-order chi connectivity index (χ0) is 17.6. The van der Waals surface area contributed by atoms with Gasteiger partial charge in [0.15, 0.2) is 0 Å². The van der Waals surface area contributed by atoms with Crippen LogP contribution in [0.3, 0.4) is 0 Å². The highest BCUT2D eigenvalue weighted by Crippen LogP contribution is 2.17. The number of carbonyl (C=O) groups is 1. The van der Waals surface area contributed by atoms with E-state index in [2.05, 4.69) is 5.10 Å². The van der Waals surface area contributed by atoms with Gasteiger partial charge in [0.2, 0.25) is 0 Å². The Morgan fingerprint density at radius 2 is 2.00 bits per heavy atom. The fourth-order valence-electron chi connectivity index (χ4n) is 2.36. The van der Waals surface area contributed by atoms with Crippen LogP contribution in [0.2, 0.25) is 5.02 Å². The minimum atomic E-state index is -0.0540. The lowest BCUT2D eigenvalue weighted by molar-refractivity contribution is 0.0774. The molecule has 0 spiro atoms. The largest absolute Gasteiger partial charge is 0.492 e. The van der Waals surface area contributed by atoms with Crippen molar-refractivity contribution in [2.75, 3.05) is 20.2 Å². The second-order valence-corrected chi connectivity index (χ2v) is 5.97. The molecule has 0 saturated carbocycles. The summed E-state index contributed by atoms with van der Waals surface area (Å²) in [6, 6.07) is 16.4. The number of amides is 1. The second kappa shape index (κ2) is 7.85. The van der Waals surface area contributed by atoms with Gasteiger partial charge in [-0.25, -0.2) is 4.68 Å². The first-order valence-corrected chi connectivity index (χ1v) is 8.25. The molecule has 0 unspecified atom stereocenters. The van der Waals surface area contributed by atoms with E-state index in [9.17, 15) is 4.79 Å². The third-order valence-corrected chi connectivity index (χ3v) is 3.96. The van der Waals surface area contributed by atoms with Crippen molar-refractivity contribution in [3.63, 3.8) is 0 Å². The van der Waals surface area contributed by atoms with Gasteiger partial charge in [-0.05, 0) is 48.5 Å². The maximum atomic E-state index is 12.5. The van der Waals surface area contributed by atoms with Crippen LogP contribution in [-0.2, 0) is 0 Å². The highest BCUT2D eigenvalue weighted by molar-refractivity contribution is 6.30. The molecule has 1 aromatic heterocycles. The number of ether oxygens (including phenoxy) is 1. The van der Waals surface area contributed by atoms with Crippen LogP contribution >= 0.6 is 11.6 Å². The molecule has 0 atom stereocenters. The van der Waals surface area contributed by atoms with E-state index in [4.69, 9.17) is 16.3 Å². The van der Waals surface area contributed by atoms with Gasteiger partial charge in [-0.15, -0.1) is 0 Å². The molecule has 0 saturated heterocycles. The SMILES string of the molecule is CN(CCOc1cccc(Cl)c1)C(=O)c1ccc(-n2cccn2)cc1. The van der Waals surface area contributed by atoms with E-state index in [0.717, 1.165) is 5.69 Å². The van der Waals surface area contributed by atoms with Gasteiger partial charge in [-0.3, -0.25) is 4.79 Å². The molecule has 128 valence electrons. The molecule has 0 bridgehead atoms. The van der Waals surface area contributed by atoms with Gasteiger partial charge in [0.25, 0.3) is 5.91 Å². The molecule has 2 aromatic carbocycles. The van der Waals surface area contributed by atoms with Crippen molar-refractivity contribution in [2.24, 2.45) is 0 Å². The summed E-state index contributed by atoms with van der Waals surface area (Å²) in [6.45, 7) is 0.875. The lowest BCUT2D eigenvalue weighted by atomic mass is 10.2. The topological polar surface area (TPSA) is 47.4 Å². The molecule has 1 heterocycles. The monoisotopic (exact) mass is 355 g/mol. The number of nitrogens with zero attached hydrogens (tertiary/aromatic N) is 3. The summed E-state index contributed by atoms with van der Waals surface area (Å²) in [5, 5.41) is 4.79. The van der Waals surface area contributed by atoms with Gasteiger partial charge < -0.3 is 9.64 Å². The zero-order valence-electron chi connectivity index (χ0n) is 13.8. The number of benzene rings is 2. The molecule has 0 radical (unpaired) electrons. The fraction of sp³-hybridized carbons (Fsp3) is 0.158. The van der Waals surface area contributed by atoms with Crippen LogP contribution in [0, 0.1) is 0 Å². The molecule has 1 amide bonds. The second-order valence-electron chi connectivity index (χ2n) is 5.53. The minimum absolute atomic E-state index is 0.0540. The van der Waals surface area contributed by atoms with Crippen molar-refractivity contribution in [3.05, 3.63) is 77.6 Å². The first kappa shape index (κ1) is 17.0. The number of carbonyl (C=O) groups excluding carboxylic acids is 1. The number of halogens is 1. The van der Waals surface area contributed by atoms with Gasteiger partial charge in [-0.1, -0.05) is 17.7 Å². The van der Waals surface area contributed by atoms with Crippen molar-refractivity contribution in [3.8, 4) is 11.4 Å². The number of hydrogen-bond donors (Lipinski definition) is 0. The zero-order valence-corrected chi connectivity index (χ0v) is 14.6. The van der Waals surface area contributed by atoms with E-state index in [0.29, 0.717) is 29.5 Å². The first-order valence-electron chi connectivity index (χ1n) is 7.87.